The lowest BCUT2D eigenvalue weighted by molar-refractivity contribution is -0.137. The van der Waals surface area contributed by atoms with E-state index in [0.717, 1.165) is 29.8 Å². The first-order valence-electron chi connectivity index (χ1n) is 8.94. The average Bonchev–Trinajstić information content (AvgIpc) is 3.10. The quantitative estimate of drug-likeness (QED) is 0.864. The van der Waals surface area contributed by atoms with E-state index in [4.69, 9.17) is 0 Å². The molecule has 1 aliphatic heterocycles. The monoisotopic (exact) mass is 394 g/mol. The van der Waals surface area contributed by atoms with Gasteiger partial charge in [0.15, 0.2) is 5.69 Å². The lowest BCUT2D eigenvalue weighted by Gasteiger charge is -2.19. The largest absolute Gasteiger partial charge is 0.418 e. The van der Waals surface area contributed by atoms with Crippen molar-refractivity contribution >= 4 is 5.91 Å². The van der Waals surface area contributed by atoms with Crippen molar-refractivity contribution in [2.24, 2.45) is 5.92 Å². The standard InChI is InChI=1S/C19H21F3N4O2/c1-12-9-16(27)17(18(28)25-8-7-13(11-25)10-23-2)24-26(12)15-6-4-3-5-14(15)19(20,21)22/h3-6,9,13,23H,7-8,10-11H2,1-2H3. The molecule has 9 heteroatoms. The third-order valence-corrected chi connectivity index (χ3v) is 4.81. The number of carbonyl (C=O) groups is 1. The zero-order chi connectivity index (χ0) is 20.5. The Hall–Kier alpha value is -2.68. The molecule has 28 heavy (non-hydrogen) atoms. The predicted molar refractivity (Wildman–Crippen MR) is 97.5 cm³/mol. The maximum atomic E-state index is 13.4. The highest BCUT2D eigenvalue weighted by atomic mass is 19.4. The lowest BCUT2D eigenvalue weighted by Crippen LogP contribution is -2.35. The molecule has 2 heterocycles. The normalized spacial score (nSPS) is 17.2. The minimum Gasteiger partial charge on any atom is -0.337 e. The van der Waals surface area contributed by atoms with Gasteiger partial charge in [0.05, 0.1) is 11.3 Å². The summed E-state index contributed by atoms with van der Waals surface area (Å²) in [6.45, 7) is 3.19. The second-order valence-corrected chi connectivity index (χ2v) is 6.89. The highest BCUT2D eigenvalue weighted by molar-refractivity contribution is 5.92. The molecule has 1 aromatic heterocycles. The molecule has 1 unspecified atom stereocenters. The van der Waals surface area contributed by atoms with Crippen LogP contribution in [0.4, 0.5) is 13.2 Å². The van der Waals surface area contributed by atoms with Gasteiger partial charge in [-0.05, 0) is 45.0 Å². The Morgan fingerprint density at radius 3 is 2.71 bits per heavy atom. The number of alkyl halides is 3. The third kappa shape index (κ3) is 3.94. The van der Waals surface area contributed by atoms with Crippen LogP contribution in [0.1, 0.15) is 28.2 Å². The molecule has 0 radical (unpaired) electrons. The maximum absolute atomic E-state index is 13.4. The number of para-hydroxylation sites is 1. The summed E-state index contributed by atoms with van der Waals surface area (Å²) in [5.74, 6) is -0.283. The number of hydrogen-bond acceptors (Lipinski definition) is 4. The summed E-state index contributed by atoms with van der Waals surface area (Å²) in [7, 11) is 1.82. The highest BCUT2D eigenvalue weighted by Crippen LogP contribution is 2.33. The number of rotatable bonds is 4. The molecule has 2 aromatic rings. The number of nitrogens with zero attached hydrogens (tertiary/aromatic N) is 3. The van der Waals surface area contributed by atoms with Crippen LogP contribution in [-0.4, -0.2) is 47.3 Å². The van der Waals surface area contributed by atoms with Crippen LogP contribution >= 0.6 is 0 Å². The van der Waals surface area contributed by atoms with E-state index in [-0.39, 0.29) is 23.0 Å². The van der Waals surface area contributed by atoms with Crippen molar-refractivity contribution in [3.63, 3.8) is 0 Å². The van der Waals surface area contributed by atoms with E-state index < -0.39 is 23.1 Å². The number of likely N-dealkylation sites (tertiary alicyclic amines) is 1. The van der Waals surface area contributed by atoms with Gasteiger partial charge < -0.3 is 10.2 Å². The van der Waals surface area contributed by atoms with E-state index in [9.17, 15) is 22.8 Å². The van der Waals surface area contributed by atoms with Gasteiger partial charge in [-0.2, -0.15) is 18.3 Å². The zero-order valence-electron chi connectivity index (χ0n) is 15.6. The van der Waals surface area contributed by atoms with Crippen molar-refractivity contribution in [1.29, 1.82) is 0 Å². The molecule has 0 bridgehead atoms. The smallest absolute Gasteiger partial charge is 0.337 e. The van der Waals surface area contributed by atoms with Crippen LogP contribution in [0.15, 0.2) is 35.1 Å². The number of halogens is 3. The molecule has 1 aromatic carbocycles. The molecule has 1 saturated heterocycles. The molecule has 150 valence electrons. The SMILES string of the molecule is CNCC1CCN(C(=O)c2nn(-c3ccccc3C(F)(F)F)c(C)cc2=O)C1. The van der Waals surface area contributed by atoms with Crippen LogP contribution in [0.3, 0.4) is 0 Å². The van der Waals surface area contributed by atoms with Gasteiger partial charge in [0.1, 0.15) is 0 Å². The summed E-state index contributed by atoms with van der Waals surface area (Å²) < 4.78 is 41.2. The van der Waals surface area contributed by atoms with Crippen LogP contribution in [0.25, 0.3) is 5.69 Å². The van der Waals surface area contributed by atoms with Gasteiger partial charge in [0.25, 0.3) is 5.91 Å². The van der Waals surface area contributed by atoms with Crippen molar-refractivity contribution in [2.45, 2.75) is 19.5 Å². The van der Waals surface area contributed by atoms with Crippen molar-refractivity contribution in [1.82, 2.24) is 20.0 Å². The number of nitrogens with one attached hydrogen (secondary N) is 1. The van der Waals surface area contributed by atoms with Gasteiger partial charge in [0, 0.05) is 24.8 Å². The fraction of sp³-hybridized carbons (Fsp3) is 0.421. The van der Waals surface area contributed by atoms with Gasteiger partial charge >= 0.3 is 6.18 Å². The molecule has 0 aliphatic carbocycles. The minimum absolute atomic E-state index is 0.215. The molecule has 3 rings (SSSR count). The molecule has 0 spiro atoms. The fourth-order valence-electron chi connectivity index (χ4n) is 3.46. The lowest BCUT2D eigenvalue weighted by atomic mass is 10.1. The van der Waals surface area contributed by atoms with Gasteiger partial charge in [-0.25, -0.2) is 4.68 Å². The Labute approximate surface area is 160 Å². The first-order valence-corrected chi connectivity index (χ1v) is 8.94. The van der Waals surface area contributed by atoms with E-state index >= 15 is 0 Å². The molecule has 6 nitrogen and oxygen atoms in total. The molecule has 1 amide bonds. The van der Waals surface area contributed by atoms with Crippen LogP contribution < -0.4 is 10.7 Å². The first kappa shape index (κ1) is 20.1. The summed E-state index contributed by atoms with van der Waals surface area (Å²) in [5, 5.41) is 7.08. The van der Waals surface area contributed by atoms with Crippen LogP contribution in [-0.2, 0) is 6.18 Å². The second-order valence-electron chi connectivity index (χ2n) is 6.89. The van der Waals surface area contributed by atoms with E-state index in [1.807, 2.05) is 7.05 Å². The number of carbonyl (C=O) groups excluding carboxylic acids is 1. The summed E-state index contributed by atoms with van der Waals surface area (Å²) >= 11 is 0. The zero-order valence-corrected chi connectivity index (χ0v) is 15.6. The predicted octanol–water partition coefficient (Wildman–Crippen LogP) is 2.24. The number of aryl methyl sites for hydroxylation is 1. The molecule has 1 aliphatic rings. The van der Waals surface area contributed by atoms with Crippen LogP contribution in [0.5, 0.6) is 0 Å². The van der Waals surface area contributed by atoms with Crippen LogP contribution in [0, 0.1) is 12.8 Å². The van der Waals surface area contributed by atoms with Gasteiger partial charge in [0.2, 0.25) is 5.43 Å². The topological polar surface area (TPSA) is 67.2 Å². The van der Waals surface area contributed by atoms with Gasteiger partial charge in [-0.3, -0.25) is 9.59 Å². The molecule has 1 N–H and O–H groups in total. The number of amides is 1. The number of hydrogen-bond donors (Lipinski definition) is 1. The Balaban J connectivity index is 2.02. The fourth-order valence-corrected chi connectivity index (χ4v) is 3.46. The number of benzene rings is 1. The molecular formula is C19H21F3N4O2. The maximum Gasteiger partial charge on any atom is 0.418 e. The highest BCUT2D eigenvalue weighted by Gasteiger charge is 2.35. The Morgan fingerprint density at radius 2 is 2.04 bits per heavy atom. The van der Waals surface area contributed by atoms with Gasteiger partial charge in [-0.15, -0.1) is 0 Å². The second kappa shape index (κ2) is 7.75. The van der Waals surface area contributed by atoms with Gasteiger partial charge in [-0.1, -0.05) is 12.1 Å². The van der Waals surface area contributed by atoms with E-state index in [2.05, 4.69) is 10.4 Å². The van der Waals surface area contributed by atoms with Crippen molar-refractivity contribution in [2.75, 3.05) is 26.7 Å². The van der Waals surface area contributed by atoms with E-state index in [1.165, 1.54) is 30.0 Å². The average molecular weight is 394 g/mol. The Bertz CT molecular complexity index is 940. The third-order valence-electron chi connectivity index (χ3n) is 4.81. The Kier molecular flexibility index (Phi) is 5.55. The Morgan fingerprint density at radius 1 is 1.32 bits per heavy atom. The molecule has 1 fully saturated rings. The summed E-state index contributed by atoms with van der Waals surface area (Å²) in [6.07, 6.45) is -3.79. The molecule has 0 saturated carbocycles. The summed E-state index contributed by atoms with van der Waals surface area (Å²) in [6, 6.07) is 6.09. The van der Waals surface area contributed by atoms with E-state index in [0.29, 0.717) is 13.1 Å². The van der Waals surface area contributed by atoms with Crippen molar-refractivity contribution < 1.29 is 18.0 Å². The van der Waals surface area contributed by atoms with Crippen molar-refractivity contribution in [3.05, 3.63) is 57.5 Å². The van der Waals surface area contributed by atoms with E-state index in [1.54, 1.807) is 0 Å². The van der Waals surface area contributed by atoms with Crippen molar-refractivity contribution in [3.8, 4) is 5.69 Å². The summed E-state index contributed by atoms with van der Waals surface area (Å²) in [4.78, 5) is 26.7. The first-order chi connectivity index (χ1) is 13.2. The number of aromatic nitrogens is 2. The van der Waals surface area contributed by atoms with Crippen LogP contribution in [0.2, 0.25) is 0 Å². The molecular weight excluding hydrogens is 373 g/mol. The summed E-state index contributed by atoms with van der Waals surface area (Å²) in [5.41, 5.74) is -1.86. The minimum atomic E-state index is -4.59. The molecule has 1 atom stereocenters.